The van der Waals surface area contributed by atoms with E-state index in [4.69, 9.17) is 0 Å². The normalized spacial score (nSPS) is 11.5. The number of aromatic nitrogens is 1. The van der Waals surface area contributed by atoms with Crippen molar-refractivity contribution in [3.63, 3.8) is 0 Å². The molecule has 0 spiro atoms. The van der Waals surface area contributed by atoms with Crippen molar-refractivity contribution < 1.29 is 27.9 Å². The lowest BCUT2D eigenvalue weighted by Gasteiger charge is -2.17. The molecule has 0 bridgehead atoms. The number of ether oxygens (including phenoxy) is 1. The summed E-state index contributed by atoms with van der Waals surface area (Å²) in [5, 5.41) is 12.7. The van der Waals surface area contributed by atoms with Gasteiger partial charge in [-0.05, 0) is 18.2 Å². The number of hydrogen-bond donors (Lipinski definition) is 2. The van der Waals surface area contributed by atoms with Crippen molar-refractivity contribution >= 4 is 27.6 Å². The molecule has 10 heteroatoms. The van der Waals surface area contributed by atoms with Crippen LogP contribution in [0.25, 0.3) is 0 Å². The molecule has 2 rings (SSSR count). The fourth-order valence-electron chi connectivity index (χ4n) is 2.72. The number of nitrogens with one attached hydrogen (secondary N) is 1. The van der Waals surface area contributed by atoms with Crippen LogP contribution in [0.5, 0.6) is 5.75 Å². The van der Waals surface area contributed by atoms with E-state index in [0.717, 1.165) is 0 Å². The molecule has 28 heavy (non-hydrogen) atoms. The van der Waals surface area contributed by atoms with Gasteiger partial charge in [0.2, 0.25) is 10.0 Å². The molecule has 0 fully saturated rings. The first-order chi connectivity index (χ1) is 13.2. The van der Waals surface area contributed by atoms with E-state index in [1.165, 1.54) is 46.4 Å². The number of sulfonamides is 1. The van der Waals surface area contributed by atoms with E-state index in [2.05, 4.69) is 10.1 Å². The Kier molecular flexibility index (Phi) is 6.47. The van der Waals surface area contributed by atoms with Gasteiger partial charge in [-0.25, -0.2) is 13.2 Å². The second-order valence-corrected chi connectivity index (χ2v) is 7.85. The van der Waals surface area contributed by atoms with Gasteiger partial charge in [0.05, 0.1) is 12.8 Å². The van der Waals surface area contributed by atoms with Gasteiger partial charge in [0.15, 0.2) is 5.75 Å². The number of esters is 1. The summed E-state index contributed by atoms with van der Waals surface area (Å²) in [5.41, 5.74) is -0.0205. The van der Waals surface area contributed by atoms with Crippen LogP contribution in [0.1, 0.15) is 34.7 Å². The number of benzene rings is 1. The number of hydrogen-bond acceptors (Lipinski definition) is 6. The molecule has 0 atom stereocenters. The van der Waals surface area contributed by atoms with E-state index in [-0.39, 0.29) is 21.8 Å². The molecule has 0 saturated heterocycles. The minimum absolute atomic E-state index is 0.00208. The second kappa shape index (κ2) is 8.44. The van der Waals surface area contributed by atoms with Crippen molar-refractivity contribution in [2.75, 3.05) is 25.5 Å². The second-order valence-electron chi connectivity index (χ2n) is 5.91. The Morgan fingerprint density at radius 2 is 1.89 bits per heavy atom. The average Bonchev–Trinajstić information content (AvgIpc) is 3.06. The molecule has 1 aromatic carbocycles. The number of rotatable bonds is 7. The van der Waals surface area contributed by atoms with Gasteiger partial charge in [-0.2, -0.15) is 4.31 Å². The summed E-state index contributed by atoms with van der Waals surface area (Å²) < 4.78 is 32.5. The molecule has 0 aliphatic rings. The zero-order valence-electron chi connectivity index (χ0n) is 16.1. The van der Waals surface area contributed by atoms with Crippen molar-refractivity contribution in [2.24, 2.45) is 7.05 Å². The Labute approximate surface area is 163 Å². The van der Waals surface area contributed by atoms with Crippen molar-refractivity contribution in [3.8, 4) is 5.75 Å². The Morgan fingerprint density at radius 3 is 2.46 bits per heavy atom. The van der Waals surface area contributed by atoms with Crippen molar-refractivity contribution in [1.29, 1.82) is 0 Å². The first-order valence-corrected chi connectivity index (χ1v) is 9.99. The van der Waals surface area contributed by atoms with Crippen molar-refractivity contribution in [3.05, 3.63) is 41.7 Å². The lowest BCUT2D eigenvalue weighted by atomic mass is 10.1. The van der Waals surface area contributed by atoms with E-state index in [0.29, 0.717) is 13.1 Å². The predicted octanol–water partition coefficient (Wildman–Crippen LogP) is 1.80. The number of para-hydroxylation sites is 1. The zero-order chi connectivity index (χ0) is 21.1. The van der Waals surface area contributed by atoms with Crippen LogP contribution in [0.15, 0.2) is 35.4 Å². The molecular weight excluding hydrogens is 386 g/mol. The van der Waals surface area contributed by atoms with E-state index in [1.807, 2.05) is 0 Å². The smallest absolute Gasteiger partial charge is 0.341 e. The molecular formula is C18H23N3O6S. The summed E-state index contributed by atoms with van der Waals surface area (Å²) in [6.45, 7) is 4.08. The van der Waals surface area contributed by atoms with Gasteiger partial charge >= 0.3 is 5.97 Å². The number of methoxy groups -OCH3 is 1. The van der Waals surface area contributed by atoms with E-state index < -0.39 is 27.6 Å². The molecule has 1 amide bonds. The Balaban J connectivity index is 2.35. The molecule has 2 N–H and O–H groups in total. The number of carbonyl (C=O) groups excluding carboxylic acids is 2. The summed E-state index contributed by atoms with van der Waals surface area (Å²) in [4.78, 5) is 24.3. The van der Waals surface area contributed by atoms with Crippen molar-refractivity contribution in [1.82, 2.24) is 8.87 Å². The Morgan fingerprint density at radius 1 is 1.25 bits per heavy atom. The minimum atomic E-state index is -3.72. The highest BCUT2D eigenvalue weighted by atomic mass is 32.2. The molecule has 0 aliphatic heterocycles. The third-order valence-corrected chi connectivity index (χ3v) is 6.26. The van der Waals surface area contributed by atoms with Gasteiger partial charge in [-0.3, -0.25) is 4.79 Å². The van der Waals surface area contributed by atoms with Crippen LogP contribution < -0.4 is 5.32 Å². The summed E-state index contributed by atoms with van der Waals surface area (Å²) in [6, 6.07) is 5.51. The number of aromatic hydroxyl groups is 1. The summed E-state index contributed by atoms with van der Waals surface area (Å²) in [7, 11) is -0.999. The Bertz CT molecular complexity index is 993. The van der Waals surface area contributed by atoms with Gasteiger partial charge < -0.3 is 19.7 Å². The van der Waals surface area contributed by atoms with E-state index in [1.54, 1.807) is 20.9 Å². The number of amides is 1. The van der Waals surface area contributed by atoms with E-state index in [9.17, 15) is 23.1 Å². The van der Waals surface area contributed by atoms with Crippen LogP contribution in [0.4, 0.5) is 5.69 Å². The van der Waals surface area contributed by atoms with Crippen LogP contribution in [0.3, 0.4) is 0 Å². The summed E-state index contributed by atoms with van der Waals surface area (Å²) >= 11 is 0. The van der Waals surface area contributed by atoms with Crippen LogP contribution in [0, 0.1) is 0 Å². The molecule has 0 radical (unpaired) electrons. The molecule has 1 aromatic heterocycles. The van der Waals surface area contributed by atoms with Crippen LogP contribution in [-0.4, -0.2) is 54.5 Å². The Hall–Kier alpha value is -2.85. The van der Waals surface area contributed by atoms with Crippen molar-refractivity contribution in [2.45, 2.75) is 18.7 Å². The van der Waals surface area contributed by atoms with Gasteiger partial charge in [-0.1, -0.05) is 19.9 Å². The first-order valence-electron chi connectivity index (χ1n) is 8.55. The fourth-order valence-corrected chi connectivity index (χ4v) is 4.25. The molecule has 152 valence electrons. The highest BCUT2D eigenvalue weighted by Gasteiger charge is 2.26. The van der Waals surface area contributed by atoms with Gasteiger partial charge in [0, 0.05) is 26.3 Å². The molecule has 0 saturated carbocycles. The SMILES string of the molecule is CCN(CC)S(=O)(=O)c1cc(C(=O)Nc2cccc(C(=O)OC)c2O)n(C)c1. The van der Waals surface area contributed by atoms with Crippen LogP contribution in [0.2, 0.25) is 0 Å². The molecule has 0 aliphatic carbocycles. The number of nitrogens with zero attached hydrogens (tertiary/aromatic N) is 2. The number of phenols is 1. The first kappa shape index (κ1) is 21.5. The minimum Gasteiger partial charge on any atom is -0.505 e. The van der Waals surface area contributed by atoms with Crippen LogP contribution in [-0.2, 0) is 21.8 Å². The lowest BCUT2D eigenvalue weighted by Crippen LogP contribution is -2.30. The third kappa shape index (κ3) is 4.02. The number of aryl methyl sites for hydroxylation is 1. The molecule has 9 nitrogen and oxygen atoms in total. The topological polar surface area (TPSA) is 118 Å². The monoisotopic (exact) mass is 409 g/mol. The fraction of sp³-hybridized carbons (Fsp3) is 0.333. The zero-order valence-corrected chi connectivity index (χ0v) is 16.9. The molecule has 1 heterocycles. The summed E-state index contributed by atoms with van der Waals surface area (Å²) in [6.07, 6.45) is 1.35. The number of carbonyl (C=O) groups is 2. The predicted molar refractivity (Wildman–Crippen MR) is 103 cm³/mol. The number of phenolic OH excluding ortho intramolecular Hbond substituents is 1. The standard InChI is InChI=1S/C18H23N3O6S/c1-5-21(6-2)28(25,26)12-10-15(20(3)11-12)17(23)19-14-9-7-8-13(16(14)22)18(24)27-4/h7-11,22H,5-6H2,1-4H3,(H,19,23). The maximum absolute atomic E-state index is 12.6. The van der Waals surface area contributed by atoms with Crippen LogP contribution >= 0.6 is 0 Å². The third-order valence-electron chi connectivity index (χ3n) is 4.25. The molecule has 0 unspecified atom stereocenters. The largest absolute Gasteiger partial charge is 0.505 e. The highest BCUT2D eigenvalue weighted by Crippen LogP contribution is 2.29. The van der Waals surface area contributed by atoms with E-state index >= 15 is 0 Å². The average molecular weight is 409 g/mol. The maximum Gasteiger partial charge on any atom is 0.341 e. The highest BCUT2D eigenvalue weighted by molar-refractivity contribution is 7.89. The quantitative estimate of drug-likeness (QED) is 0.532. The van der Waals surface area contributed by atoms with Gasteiger partial charge in [-0.15, -0.1) is 0 Å². The van der Waals surface area contributed by atoms with Gasteiger partial charge in [0.25, 0.3) is 5.91 Å². The lowest BCUT2D eigenvalue weighted by molar-refractivity contribution is 0.0597. The maximum atomic E-state index is 12.6. The number of anilines is 1. The molecule has 2 aromatic rings. The van der Waals surface area contributed by atoms with Gasteiger partial charge in [0.1, 0.15) is 16.2 Å². The summed E-state index contributed by atoms with van der Waals surface area (Å²) in [5.74, 6) is -1.83.